The van der Waals surface area contributed by atoms with Crippen molar-refractivity contribution < 1.29 is 24.1 Å². The van der Waals surface area contributed by atoms with Crippen LogP contribution in [0.4, 0.5) is 0 Å². The fourth-order valence-corrected chi connectivity index (χ4v) is 4.11. The quantitative estimate of drug-likeness (QED) is 0.629. The zero-order chi connectivity index (χ0) is 19.8. The minimum absolute atomic E-state index is 0.147. The summed E-state index contributed by atoms with van der Waals surface area (Å²) < 4.78 is 12.0. The maximum Gasteiger partial charge on any atom is 0.437 e. The molecule has 1 amide bonds. The predicted octanol–water partition coefficient (Wildman–Crippen LogP) is 2.48. The normalized spacial score (nSPS) is 26.3. The zero-order valence-corrected chi connectivity index (χ0v) is 15.9. The Balaban J connectivity index is 2.07. The molecule has 1 saturated heterocycles. The Kier molecular flexibility index (Phi) is 5.20. The van der Waals surface area contributed by atoms with Gasteiger partial charge in [0.1, 0.15) is 29.1 Å². The first-order valence-electron chi connectivity index (χ1n) is 9.23. The Labute approximate surface area is 158 Å². The van der Waals surface area contributed by atoms with Crippen molar-refractivity contribution in [1.29, 1.82) is 5.26 Å². The van der Waals surface area contributed by atoms with Gasteiger partial charge in [0, 0.05) is 35.3 Å². The number of nitriles is 1. The molecule has 1 aromatic rings. The topological polar surface area (TPSA) is 99.6 Å². The van der Waals surface area contributed by atoms with Gasteiger partial charge in [-0.2, -0.15) is 5.26 Å². The minimum atomic E-state index is -0.925. The highest BCUT2D eigenvalue weighted by Gasteiger charge is 2.54. The van der Waals surface area contributed by atoms with Crippen LogP contribution in [0.1, 0.15) is 50.2 Å². The number of fused-ring (bicyclic) bond motifs is 1. The molecule has 2 aliphatic rings. The van der Waals surface area contributed by atoms with E-state index in [0.717, 1.165) is 11.1 Å². The van der Waals surface area contributed by atoms with Crippen LogP contribution in [-0.4, -0.2) is 41.1 Å². The summed E-state index contributed by atoms with van der Waals surface area (Å²) in [5.74, 6) is -0.352. The van der Waals surface area contributed by atoms with E-state index in [2.05, 4.69) is 6.07 Å². The van der Waals surface area contributed by atoms with Gasteiger partial charge in [0.2, 0.25) is 6.54 Å². The summed E-state index contributed by atoms with van der Waals surface area (Å²) >= 11 is 0. The summed E-state index contributed by atoms with van der Waals surface area (Å²) in [5.41, 5.74) is 0.723. The van der Waals surface area contributed by atoms with E-state index in [1.807, 2.05) is 6.07 Å². The molecule has 3 atom stereocenters. The van der Waals surface area contributed by atoms with Crippen LogP contribution in [0.5, 0.6) is 11.5 Å². The van der Waals surface area contributed by atoms with Gasteiger partial charge in [-0.05, 0) is 38.3 Å². The van der Waals surface area contributed by atoms with E-state index in [0.29, 0.717) is 41.9 Å². The molecule has 0 radical (unpaired) electrons. The second kappa shape index (κ2) is 7.28. The average molecular weight is 373 g/mol. The molecule has 0 aliphatic carbocycles. The molecule has 7 nitrogen and oxygen atoms in total. The number of aliphatic hydroxyl groups is 1. The van der Waals surface area contributed by atoms with Crippen LogP contribution < -0.4 is 9.47 Å². The van der Waals surface area contributed by atoms with E-state index in [1.165, 1.54) is 0 Å². The molecule has 0 spiro atoms. The van der Waals surface area contributed by atoms with Gasteiger partial charge in [0.15, 0.2) is 0 Å². The SMILES string of the molecule is COc1cc2c(cc1CCCC#N)[C@H](C1CC[N+](=O)C1=O)[C@@H](O)C(C)(C)O2. The third-order valence-electron chi connectivity index (χ3n) is 5.57. The second-order valence-electron chi connectivity index (χ2n) is 7.73. The van der Waals surface area contributed by atoms with Gasteiger partial charge in [0.25, 0.3) is 0 Å². The van der Waals surface area contributed by atoms with Crippen LogP contribution in [0.15, 0.2) is 12.1 Å². The average Bonchev–Trinajstić information content (AvgIpc) is 2.95. The van der Waals surface area contributed by atoms with Crippen molar-refractivity contribution in [2.24, 2.45) is 5.92 Å². The first-order chi connectivity index (χ1) is 12.8. The summed E-state index contributed by atoms with van der Waals surface area (Å²) in [5, 5.41) is 19.8. The van der Waals surface area contributed by atoms with Gasteiger partial charge in [-0.15, -0.1) is 0 Å². The number of nitroso groups, excluding NO2 is 1. The van der Waals surface area contributed by atoms with Crippen molar-refractivity contribution in [3.05, 3.63) is 28.2 Å². The molecule has 0 saturated carbocycles. The first kappa shape index (κ1) is 19.3. The Morgan fingerprint density at radius 1 is 1.44 bits per heavy atom. The number of methoxy groups -OCH3 is 1. The van der Waals surface area contributed by atoms with Gasteiger partial charge in [-0.1, -0.05) is 0 Å². The van der Waals surface area contributed by atoms with Crippen LogP contribution in [0.2, 0.25) is 0 Å². The number of hydrogen-bond donors (Lipinski definition) is 1. The number of amides is 1. The Morgan fingerprint density at radius 2 is 2.19 bits per heavy atom. The summed E-state index contributed by atoms with van der Waals surface area (Å²) in [6, 6.07) is 5.81. The molecule has 1 unspecified atom stereocenters. The van der Waals surface area contributed by atoms with Crippen molar-refractivity contribution in [2.75, 3.05) is 13.7 Å². The van der Waals surface area contributed by atoms with Crippen LogP contribution >= 0.6 is 0 Å². The molecule has 1 aromatic carbocycles. The Morgan fingerprint density at radius 3 is 2.78 bits per heavy atom. The van der Waals surface area contributed by atoms with Gasteiger partial charge in [0.05, 0.1) is 17.9 Å². The number of aryl methyl sites for hydroxylation is 1. The molecular weight excluding hydrogens is 348 g/mol. The van der Waals surface area contributed by atoms with Crippen LogP contribution in [0, 0.1) is 22.2 Å². The number of hydrogen-bond acceptors (Lipinski definition) is 6. The molecule has 0 bridgehead atoms. The smallest absolute Gasteiger partial charge is 0.437 e. The summed E-state index contributed by atoms with van der Waals surface area (Å²) in [6.07, 6.45) is 1.24. The van der Waals surface area contributed by atoms with Gasteiger partial charge in [-0.25, -0.2) is 4.79 Å². The molecular formula is C20H25N2O5+. The standard InChI is InChI=1S/C20H25N2O5/c1-20(2)18(23)17(13-7-9-22(25)19(13)24)14-10-12(6-4-5-8-21)15(26-3)11-16(14)27-20/h10-11,13,17-18,23H,4-7,9H2,1-3H3/q+1/t13?,17-,18+/m0/s1. The number of benzene rings is 1. The fraction of sp³-hybridized carbons (Fsp3) is 0.600. The number of ether oxygens (including phenoxy) is 2. The fourth-order valence-electron chi connectivity index (χ4n) is 4.11. The number of aliphatic hydroxyl groups excluding tert-OH is 1. The lowest BCUT2D eigenvalue weighted by atomic mass is 9.73. The summed E-state index contributed by atoms with van der Waals surface area (Å²) in [7, 11) is 1.58. The minimum Gasteiger partial charge on any atom is -0.496 e. The monoisotopic (exact) mass is 373 g/mol. The Hall–Kier alpha value is -2.46. The largest absolute Gasteiger partial charge is 0.496 e. The third kappa shape index (κ3) is 3.42. The Bertz CT molecular complexity index is 811. The maximum atomic E-state index is 12.4. The van der Waals surface area contributed by atoms with Crippen molar-refractivity contribution >= 4 is 5.91 Å². The molecule has 2 aliphatic heterocycles. The lowest BCUT2D eigenvalue weighted by molar-refractivity contribution is -0.454. The number of carbonyl (C=O) groups is 1. The van der Waals surface area contributed by atoms with E-state index in [9.17, 15) is 14.8 Å². The van der Waals surface area contributed by atoms with E-state index in [-0.39, 0.29) is 6.54 Å². The summed E-state index contributed by atoms with van der Waals surface area (Å²) in [6.45, 7) is 3.69. The molecule has 0 aromatic heterocycles. The van der Waals surface area contributed by atoms with E-state index in [1.54, 1.807) is 27.0 Å². The van der Waals surface area contributed by atoms with Crippen LogP contribution in [0.3, 0.4) is 0 Å². The molecule has 27 heavy (non-hydrogen) atoms. The van der Waals surface area contributed by atoms with E-state index >= 15 is 0 Å². The first-order valence-corrected chi connectivity index (χ1v) is 9.23. The third-order valence-corrected chi connectivity index (χ3v) is 5.57. The van der Waals surface area contributed by atoms with Gasteiger partial charge >= 0.3 is 5.91 Å². The van der Waals surface area contributed by atoms with E-state index in [4.69, 9.17) is 14.7 Å². The number of unbranched alkanes of at least 4 members (excludes halogenated alkanes) is 1. The van der Waals surface area contributed by atoms with Gasteiger partial charge < -0.3 is 14.6 Å². The number of nitrogens with zero attached hydrogens (tertiary/aromatic N) is 2. The van der Waals surface area contributed by atoms with Crippen molar-refractivity contribution in [1.82, 2.24) is 0 Å². The maximum absolute atomic E-state index is 12.4. The lowest BCUT2D eigenvalue weighted by Gasteiger charge is -2.43. The summed E-state index contributed by atoms with van der Waals surface area (Å²) in [4.78, 5) is 24.1. The van der Waals surface area contributed by atoms with Crippen molar-refractivity contribution in [3.63, 3.8) is 0 Å². The second-order valence-corrected chi connectivity index (χ2v) is 7.73. The van der Waals surface area contributed by atoms with E-state index < -0.39 is 29.4 Å². The molecule has 7 heteroatoms. The predicted molar refractivity (Wildman–Crippen MR) is 96.6 cm³/mol. The highest BCUT2D eigenvalue weighted by Crippen LogP contribution is 2.48. The molecule has 144 valence electrons. The zero-order valence-electron chi connectivity index (χ0n) is 15.9. The number of rotatable bonds is 5. The lowest BCUT2D eigenvalue weighted by Crippen LogP contribution is -2.51. The van der Waals surface area contributed by atoms with Crippen molar-refractivity contribution in [2.45, 2.75) is 57.2 Å². The molecule has 2 heterocycles. The molecule has 1 fully saturated rings. The van der Waals surface area contributed by atoms with Gasteiger partial charge in [-0.3, -0.25) is 0 Å². The van der Waals surface area contributed by atoms with Crippen molar-refractivity contribution in [3.8, 4) is 17.6 Å². The highest BCUT2D eigenvalue weighted by atomic mass is 16.5. The molecule has 1 N–H and O–H groups in total. The highest BCUT2D eigenvalue weighted by molar-refractivity contribution is 5.74. The molecule has 3 rings (SSSR count). The van der Waals surface area contributed by atoms with Crippen LogP contribution in [-0.2, 0) is 11.2 Å². The van der Waals surface area contributed by atoms with Crippen LogP contribution in [0.25, 0.3) is 0 Å². The number of carbonyl (C=O) groups excluding carboxylic acids is 1.